The first-order chi connectivity index (χ1) is 8.89. The molecule has 2 aromatic rings. The first-order valence-corrected chi connectivity index (χ1v) is 5.74. The van der Waals surface area contributed by atoms with Crippen molar-refractivity contribution in [1.82, 2.24) is 0 Å². The van der Waals surface area contributed by atoms with E-state index in [-0.39, 0.29) is 11.1 Å². The lowest BCUT2D eigenvalue weighted by Gasteiger charge is -2.12. The molecule has 0 aliphatic heterocycles. The highest BCUT2D eigenvalue weighted by Gasteiger charge is 2.33. The molecule has 0 aliphatic rings. The molecule has 0 saturated heterocycles. The summed E-state index contributed by atoms with van der Waals surface area (Å²) in [6, 6.07) is 11.0. The first-order valence-electron chi connectivity index (χ1n) is 5.36. The smallest absolute Gasteiger partial charge is 0.276 e. The summed E-state index contributed by atoms with van der Waals surface area (Å²) in [5, 5.41) is -0.643. The third-order valence-electron chi connectivity index (χ3n) is 2.66. The van der Waals surface area contributed by atoms with Gasteiger partial charge in [-0.25, -0.2) is 0 Å². The number of carbonyl (C=O) groups excluding carboxylic acids is 1. The number of hydrogen-bond acceptors (Lipinski definition) is 1. The highest BCUT2D eigenvalue weighted by molar-refractivity contribution is 6.67. The highest BCUT2D eigenvalue weighted by Crippen LogP contribution is 2.36. The Labute approximate surface area is 112 Å². The van der Waals surface area contributed by atoms with Gasteiger partial charge in [-0.15, -0.1) is 0 Å². The molecule has 0 unspecified atom stereocenters. The van der Waals surface area contributed by atoms with Gasteiger partial charge in [-0.2, -0.15) is 13.2 Å². The molecule has 0 N–H and O–H groups in total. The largest absolute Gasteiger partial charge is 0.417 e. The Morgan fingerprint density at radius 3 is 2.05 bits per heavy atom. The zero-order valence-corrected chi connectivity index (χ0v) is 10.3. The van der Waals surface area contributed by atoms with Gasteiger partial charge in [-0.05, 0) is 40.9 Å². The number of hydrogen-bond donors (Lipinski definition) is 0. The molecule has 0 saturated carbocycles. The van der Waals surface area contributed by atoms with E-state index < -0.39 is 17.0 Å². The van der Waals surface area contributed by atoms with Crippen molar-refractivity contribution in [3.05, 3.63) is 59.7 Å². The summed E-state index contributed by atoms with van der Waals surface area (Å²) in [5.41, 5.74) is -0.00646. The summed E-state index contributed by atoms with van der Waals surface area (Å²) in [5.74, 6) is 0. The maximum atomic E-state index is 12.9. The quantitative estimate of drug-likeness (QED) is 0.727. The molecule has 2 rings (SSSR count). The van der Waals surface area contributed by atoms with Crippen LogP contribution in [0.25, 0.3) is 11.1 Å². The summed E-state index contributed by atoms with van der Waals surface area (Å²) in [6.07, 6.45) is -4.42. The normalized spacial score (nSPS) is 11.4. The van der Waals surface area contributed by atoms with Gasteiger partial charge in [0.25, 0.3) is 5.24 Å². The second-order valence-corrected chi connectivity index (χ2v) is 4.24. The zero-order chi connectivity index (χ0) is 14.0. The van der Waals surface area contributed by atoms with Crippen LogP contribution in [0.4, 0.5) is 13.2 Å². The van der Waals surface area contributed by atoms with Crippen LogP contribution in [0.1, 0.15) is 15.9 Å². The molecule has 0 heterocycles. The molecule has 98 valence electrons. The highest BCUT2D eigenvalue weighted by atomic mass is 35.5. The van der Waals surface area contributed by atoms with Gasteiger partial charge in [0, 0.05) is 5.56 Å². The summed E-state index contributed by atoms with van der Waals surface area (Å²) >= 11 is 5.29. The minimum absolute atomic E-state index is 0.0728. The summed E-state index contributed by atoms with van der Waals surface area (Å²) in [4.78, 5) is 10.9. The molecular weight excluding hydrogens is 277 g/mol. The van der Waals surface area contributed by atoms with Crippen molar-refractivity contribution in [2.45, 2.75) is 6.18 Å². The van der Waals surface area contributed by atoms with Gasteiger partial charge in [-0.1, -0.05) is 30.3 Å². The predicted octanol–water partition coefficient (Wildman–Crippen LogP) is 4.75. The van der Waals surface area contributed by atoms with E-state index in [1.54, 1.807) is 0 Å². The lowest BCUT2D eigenvalue weighted by molar-refractivity contribution is -0.137. The lowest BCUT2D eigenvalue weighted by Crippen LogP contribution is -2.06. The minimum atomic E-state index is -4.42. The van der Waals surface area contributed by atoms with Crippen molar-refractivity contribution >= 4 is 16.8 Å². The van der Waals surface area contributed by atoms with Gasteiger partial charge >= 0.3 is 6.18 Å². The molecule has 1 nitrogen and oxygen atoms in total. The van der Waals surface area contributed by atoms with Crippen molar-refractivity contribution in [2.24, 2.45) is 0 Å². The number of alkyl halides is 3. The Balaban J connectivity index is 2.50. The maximum Gasteiger partial charge on any atom is 0.417 e. The Kier molecular flexibility index (Phi) is 3.62. The molecule has 5 heteroatoms. The van der Waals surface area contributed by atoms with Gasteiger partial charge in [0.1, 0.15) is 0 Å². The third-order valence-corrected chi connectivity index (χ3v) is 2.87. The molecule has 0 atom stereocenters. The Bertz CT molecular complexity index is 603. The van der Waals surface area contributed by atoms with E-state index in [4.69, 9.17) is 11.6 Å². The van der Waals surface area contributed by atoms with Crippen LogP contribution >= 0.6 is 11.6 Å². The van der Waals surface area contributed by atoms with Crippen LogP contribution in [0.15, 0.2) is 48.5 Å². The van der Waals surface area contributed by atoms with Crippen molar-refractivity contribution in [3.8, 4) is 11.1 Å². The van der Waals surface area contributed by atoms with E-state index in [9.17, 15) is 18.0 Å². The van der Waals surface area contributed by atoms with Crippen LogP contribution in [-0.4, -0.2) is 5.24 Å². The molecule has 19 heavy (non-hydrogen) atoms. The van der Waals surface area contributed by atoms with Crippen LogP contribution < -0.4 is 0 Å². The van der Waals surface area contributed by atoms with E-state index in [0.717, 1.165) is 6.07 Å². The average Bonchev–Trinajstić information content (AvgIpc) is 2.38. The average molecular weight is 285 g/mol. The summed E-state index contributed by atoms with van der Waals surface area (Å²) < 4.78 is 38.6. The molecule has 0 bridgehead atoms. The Morgan fingerprint density at radius 1 is 0.947 bits per heavy atom. The minimum Gasteiger partial charge on any atom is -0.276 e. The molecule has 0 fully saturated rings. The monoisotopic (exact) mass is 284 g/mol. The van der Waals surface area contributed by atoms with Crippen molar-refractivity contribution in [1.29, 1.82) is 0 Å². The fraction of sp³-hybridized carbons (Fsp3) is 0.0714. The number of rotatable bonds is 2. The summed E-state index contributed by atoms with van der Waals surface area (Å²) in [6.45, 7) is 0. The van der Waals surface area contributed by atoms with Crippen LogP contribution in [0.2, 0.25) is 0 Å². The molecular formula is C14H8ClF3O. The second-order valence-electron chi connectivity index (χ2n) is 3.89. The topological polar surface area (TPSA) is 17.1 Å². The van der Waals surface area contributed by atoms with E-state index in [0.29, 0.717) is 5.56 Å². The second kappa shape index (κ2) is 5.05. The zero-order valence-electron chi connectivity index (χ0n) is 9.54. The van der Waals surface area contributed by atoms with E-state index >= 15 is 0 Å². The summed E-state index contributed by atoms with van der Waals surface area (Å²) in [7, 11) is 0. The van der Waals surface area contributed by atoms with E-state index in [1.165, 1.54) is 42.5 Å². The molecule has 2 aromatic carbocycles. The van der Waals surface area contributed by atoms with Gasteiger partial charge < -0.3 is 0 Å². The van der Waals surface area contributed by atoms with Crippen LogP contribution in [0, 0.1) is 0 Å². The fourth-order valence-corrected chi connectivity index (χ4v) is 1.89. The van der Waals surface area contributed by atoms with Crippen molar-refractivity contribution in [3.63, 3.8) is 0 Å². The van der Waals surface area contributed by atoms with E-state index in [2.05, 4.69) is 0 Å². The Morgan fingerprint density at radius 2 is 1.53 bits per heavy atom. The number of halogens is 4. The van der Waals surface area contributed by atoms with Crippen LogP contribution in [0.5, 0.6) is 0 Å². The van der Waals surface area contributed by atoms with Crippen molar-refractivity contribution < 1.29 is 18.0 Å². The molecule has 0 spiro atoms. The Hall–Kier alpha value is -1.81. The molecule has 0 radical (unpaired) electrons. The maximum absolute atomic E-state index is 12.9. The molecule has 0 amide bonds. The van der Waals surface area contributed by atoms with Gasteiger partial charge in [0.05, 0.1) is 5.56 Å². The van der Waals surface area contributed by atoms with Gasteiger partial charge in [0.15, 0.2) is 0 Å². The van der Waals surface area contributed by atoms with Crippen molar-refractivity contribution in [2.75, 3.05) is 0 Å². The van der Waals surface area contributed by atoms with Crippen LogP contribution in [-0.2, 0) is 6.18 Å². The fourth-order valence-electron chi connectivity index (χ4n) is 1.76. The first kappa shape index (κ1) is 13.6. The number of carbonyl (C=O) groups is 1. The van der Waals surface area contributed by atoms with Crippen LogP contribution in [0.3, 0.4) is 0 Å². The third kappa shape index (κ3) is 2.96. The number of benzene rings is 2. The van der Waals surface area contributed by atoms with Gasteiger partial charge in [0.2, 0.25) is 0 Å². The molecule has 0 aromatic heterocycles. The lowest BCUT2D eigenvalue weighted by atomic mass is 9.98. The van der Waals surface area contributed by atoms with E-state index in [1.807, 2.05) is 0 Å². The SMILES string of the molecule is O=C(Cl)c1ccc(-c2ccccc2C(F)(F)F)cc1. The predicted molar refractivity (Wildman–Crippen MR) is 67.1 cm³/mol. The standard InChI is InChI=1S/C14H8ClF3O/c15-13(19)10-7-5-9(6-8-10)11-3-1-2-4-12(11)14(16,17)18/h1-8H. The molecule has 0 aliphatic carbocycles. The van der Waals surface area contributed by atoms with Gasteiger partial charge in [-0.3, -0.25) is 4.79 Å².